The van der Waals surface area contributed by atoms with Crippen LogP contribution in [-0.4, -0.2) is 11.1 Å². The van der Waals surface area contributed by atoms with Crippen LogP contribution >= 0.6 is 0 Å². The highest BCUT2D eigenvalue weighted by molar-refractivity contribution is 5.71. The predicted octanol–water partition coefficient (Wildman–Crippen LogP) is 2.96. The highest BCUT2D eigenvalue weighted by atomic mass is 16.4. The number of aryl methyl sites for hydroxylation is 2. The number of carboxylic acids is 1. The molecule has 0 unspecified atom stereocenters. The Balaban J connectivity index is 0.000000791. The summed E-state index contributed by atoms with van der Waals surface area (Å²) in [6, 6.07) is 5.81. The molecule has 0 fully saturated rings. The molecule has 1 rings (SSSR count). The van der Waals surface area contributed by atoms with E-state index in [2.05, 4.69) is 0 Å². The summed E-state index contributed by atoms with van der Waals surface area (Å²) in [6.45, 7) is 7.87. The zero-order chi connectivity index (χ0) is 11.1. The predicted molar refractivity (Wildman–Crippen MR) is 58.6 cm³/mol. The highest BCUT2D eigenvalue weighted by Gasteiger charge is 2.05. The molecule has 0 amide bonds. The van der Waals surface area contributed by atoms with Crippen LogP contribution < -0.4 is 0 Å². The molecule has 78 valence electrons. The molecule has 0 aliphatic carbocycles. The van der Waals surface area contributed by atoms with Crippen molar-refractivity contribution in [2.45, 2.75) is 34.1 Å². The average Bonchev–Trinajstić information content (AvgIpc) is 2.15. The van der Waals surface area contributed by atoms with E-state index in [1.807, 2.05) is 45.9 Å². The number of aliphatic carboxylic acids is 1. The minimum Gasteiger partial charge on any atom is -0.481 e. The van der Waals surface area contributed by atoms with Crippen molar-refractivity contribution in [1.82, 2.24) is 0 Å². The van der Waals surface area contributed by atoms with E-state index in [0.717, 1.165) is 16.7 Å². The molecule has 0 aromatic heterocycles. The molecular formula is C12H18O2. The van der Waals surface area contributed by atoms with Crippen LogP contribution in [0.1, 0.15) is 30.5 Å². The summed E-state index contributed by atoms with van der Waals surface area (Å²) >= 11 is 0. The Bertz CT molecular complexity index is 283. The van der Waals surface area contributed by atoms with E-state index < -0.39 is 5.97 Å². The van der Waals surface area contributed by atoms with E-state index >= 15 is 0 Å². The average molecular weight is 194 g/mol. The Morgan fingerprint density at radius 2 is 1.64 bits per heavy atom. The van der Waals surface area contributed by atoms with Gasteiger partial charge >= 0.3 is 5.97 Å². The van der Waals surface area contributed by atoms with Gasteiger partial charge in [-0.1, -0.05) is 32.0 Å². The van der Waals surface area contributed by atoms with E-state index in [1.54, 1.807) is 0 Å². The van der Waals surface area contributed by atoms with Gasteiger partial charge in [0.15, 0.2) is 0 Å². The third-order valence-corrected chi connectivity index (χ3v) is 1.97. The minimum atomic E-state index is -0.771. The third-order valence-electron chi connectivity index (χ3n) is 1.97. The van der Waals surface area contributed by atoms with Crippen LogP contribution in [0.25, 0.3) is 0 Å². The zero-order valence-electron chi connectivity index (χ0n) is 9.29. The first kappa shape index (κ1) is 12.7. The normalized spacial score (nSPS) is 8.86. The second-order valence-corrected chi connectivity index (χ2v) is 2.94. The number of hydrogen-bond donors (Lipinski definition) is 1. The van der Waals surface area contributed by atoms with Gasteiger partial charge in [-0.2, -0.15) is 0 Å². The van der Waals surface area contributed by atoms with Crippen LogP contribution in [0.4, 0.5) is 0 Å². The number of hydrogen-bond acceptors (Lipinski definition) is 1. The van der Waals surface area contributed by atoms with Gasteiger partial charge in [0.25, 0.3) is 0 Å². The van der Waals surface area contributed by atoms with Gasteiger partial charge in [-0.3, -0.25) is 4.79 Å². The molecular weight excluding hydrogens is 176 g/mol. The molecule has 1 aromatic rings. The molecule has 0 aliphatic heterocycles. The van der Waals surface area contributed by atoms with Crippen molar-refractivity contribution in [1.29, 1.82) is 0 Å². The largest absolute Gasteiger partial charge is 0.481 e. The molecule has 0 spiro atoms. The van der Waals surface area contributed by atoms with E-state index in [1.165, 1.54) is 0 Å². The first-order chi connectivity index (χ1) is 6.61. The van der Waals surface area contributed by atoms with Crippen molar-refractivity contribution < 1.29 is 9.90 Å². The van der Waals surface area contributed by atoms with E-state index in [-0.39, 0.29) is 6.42 Å². The summed E-state index contributed by atoms with van der Waals surface area (Å²) in [5.74, 6) is -0.771. The number of carbonyl (C=O) groups is 1. The lowest BCUT2D eigenvalue weighted by atomic mass is 10.0. The standard InChI is InChI=1S/C10H12O2.C2H6/c1-7-4-3-5-8(2)9(7)6-10(11)12;1-2/h3-5H,6H2,1-2H3,(H,11,12);1-2H3. The maximum Gasteiger partial charge on any atom is 0.307 e. The van der Waals surface area contributed by atoms with Gasteiger partial charge in [0.05, 0.1) is 6.42 Å². The van der Waals surface area contributed by atoms with Crippen molar-refractivity contribution >= 4 is 5.97 Å². The molecule has 0 aliphatic rings. The second kappa shape index (κ2) is 6.19. The zero-order valence-corrected chi connectivity index (χ0v) is 9.29. The molecule has 0 bridgehead atoms. The molecule has 0 atom stereocenters. The smallest absolute Gasteiger partial charge is 0.307 e. The van der Waals surface area contributed by atoms with Gasteiger partial charge in [0.1, 0.15) is 0 Å². The van der Waals surface area contributed by atoms with Crippen LogP contribution in [0.3, 0.4) is 0 Å². The van der Waals surface area contributed by atoms with Crippen LogP contribution in [0, 0.1) is 13.8 Å². The third kappa shape index (κ3) is 3.60. The molecule has 0 radical (unpaired) electrons. The summed E-state index contributed by atoms with van der Waals surface area (Å²) in [6.07, 6.45) is 0.124. The van der Waals surface area contributed by atoms with Gasteiger partial charge in [-0.25, -0.2) is 0 Å². The first-order valence-corrected chi connectivity index (χ1v) is 4.88. The van der Waals surface area contributed by atoms with Gasteiger partial charge in [-0.15, -0.1) is 0 Å². The lowest BCUT2D eigenvalue weighted by Crippen LogP contribution is -2.03. The number of carboxylic acid groups (broad SMARTS) is 1. The minimum absolute atomic E-state index is 0.124. The van der Waals surface area contributed by atoms with Gasteiger partial charge in [-0.05, 0) is 30.5 Å². The fourth-order valence-electron chi connectivity index (χ4n) is 1.28. The summed E-state index contributed by atoms with van der Waals surface area (Å²) in [7, 11) is 0. The van der Waals surface area contributed by atoms with Gasteiger partial charge < -0.3 is 5.11 Å². The molecule has 0 saturated carbocycles. The van der Waals surface area contributed by atoms with Crippen molar-refractivity contribution in [3.05, 3.63) is 34.9 Å². The SMILES string of the molecule is CC.Cc1cccc(C)c1CC(=O)O. The van der Waals surface area contributed by atoms with Crippen LogP contribution in [-0.2, 0) is 11.2 Å². The maximum absolute atomic E-state index is 10.5. The Kier molecular flexibility index (Phi) is 5.61. The fourth-order valence-corrected chi connectivity index (χ4v) is 1.28. The topological polar surface area (TPSA) is 37.3 Å². The van der Waals surface area contributed by atoms with Crippen molar-refractivity contribution in [3.8, 4) is 0 Å². The van der Waals surface area contributed by atoms with Crippen molar-refractivity contribution in [3.63, 3.8) is 0 Å². The molecule has 1 N–H and O–H groups in total. The maximum atomic E-state index is 10.5. The second-order valence-electron chi connectivity index (χ2n) is 2.94. The Labute approximate surface area is 85.6 Å². The number of benzene rings is 1. The number of rotatable bonds is 2. The Morgan fingerprint density at radius 1 is 1.21 bits per heavy atom. The molecule has 14 heavy (non-hydrogen) atoms. The Morgan fingerprint density at radius 3 is 2.00 bits per heavy atom. The van der Waals surface area contributed by atoms with Crippen molar-refractivity contribution in [2.75, 3.05) is 0 Å². The van der Waals surface area contributed by atoms with Gasteiger partial charge in [0, 0.05) is 0 Å². The lowest BCUT2D eigenvalue weighted by Gasteiger charge is -2.05. The van der Waals surface area contributed by atoms with Crippen LogP contribution in [0.2, 0.25) is 0 Å². The Hall–Kier alpha value is -1.31. The fraction of sp³-hybridized carbons (Fsp3) is 0.417. The summed E-state index contributed by atoms with van der Waals surface area (Å²) in [4.78, 5) is 10.5. The van der Waals surface area contributed by atoms with Gasteiger partial charge in [0.2, 0.25) is 0 Å². The lowest BCUT2D eigenvalue weighted by molar-refractivity contribution is -0.136. The monoisotopic (exact) mass is 194 g/mol. The molecule has 0 heterocycles. The van der Waals surface area contributed by atoms with E-state index in [9.17, 15) is 4.79 Å². The van der Waals surface area contributed by atoms with E-state index in [0.29, 0.717) is 0 Å². The molecule has 1 aromatic carbocycles. The summed E-state index contributed by atoms with van der Waals surface area (Å²) in [5, 5.41) is 8.62. The van der Waals surface area contributed by atoms with Crippen LogP contribution in [0.15, 0.2) is 18.2 Å². The molecule has 0 saturated heterocycles. The summed E-state index contributed by atoms with van der Waals surface area (Å²) < 4.78 is 0. The van der Waals surface area contributed by atoms with Crippen molar-refractivity contribution in [2.24, 2.45) is 0 Å². The highest BCUT2D eigenvalue weighted by Crippen LogP contribution is 2.13. The first-order valence-electron chi connectivity index (χ1n) is 4.88. The summed E-state index contributed by atoms with van der Waals surface area (Å²) in [5.41, 5.74) is 3.04. The van der Waals surface area contributed by atoms with E-state index in [4.69, 9.17) is 5.11 Å². The molecule has 2 nitrogen and oxygen atoms in total. The molecule has 2 heteroatoms. The quantitative estimate of drug-likeness (QED) is 0.785. The van der Waals surface area contributed by atoms with Crippen LogP contribution in [0.5, 0.6) is 0 Å².